The molecule has 0 saturated heterocycles. The highest BCUT2D eigenvalue weighted by molar-refractivity contribution is 6.01. The summed E-state index contributed by atoms with van der Waals surface area (Å²) < 4.78 is 5.92. The van der Waals surface area contributed by atoms with Gasteiger partial charge in [-0.3, -0.25) is 10.1 Å². The molecule has 0 saturated carbocycles. The molecule has 0 heterocycles. The topological polar surface area (TPSA) is 114 Å². The van der Waals surface area contributed by atoms with E-state index in [1.807, 2.05) is 44.2 Å². The van der Waals surface area contributed by atoms with E-state index in [0.29, 0.717) is 28.0 Å². The lowest BCUT2D eigenvalue weighted by Crippen LogP contribution is -2.22. The van der Waals surface area contributed by atoms with Gasteiger partial charge in [0.05, 0.1) is 11.4 Å². The Bertz CT molecular complexity index is 1450. The number of nitrogens with two attached hydrogens (primary N) is 1. The van der Waals surface area contributed by atoms with Crippen LogP contribution in [0.15, 0.2) is 97.1 Å². The number of nitrogen functional groups attached to an aromatic ring is 1. The largest absolute Gasteiger partial charge is 0.507 e. The third-order valence-electron chi connectivity index (χ3n) is 6.02. The minimum Gasteiger partial charge on any atom is -0.507 e. The van der Waals surface area contributed by atoms with Crippen molar-refractivity contribution in [2.75, 3.05) is 16.4 Å². The molecule has 7 heteroatoms. The van der Waals surface area contributed by atoms with E-state index in [-0.39, 0.29) is 11.7 Å². The number of carbonyl (C=O) groups is 2. The van der Waals surface area contributed by atoms with Gasteiger partial charge in [0, 0.05) is 22.6 Å². The number of rotatable bonds is 7. The number of para-hydroxylation sites is 2. The van der Waals surface area contributed by atoms with E-state index in [0.717, 1.165) is 10.9 Å². The Morgan fingerprint density at radius 1 is 0.892 bits per heavy atom. The summed E-state index contributed by atoms with van der Waals surface area (Å²) >= 11 is 0. The number of carbonyl (C=O) groups excluding carboxylic acids is 2. The van der Waals surface area contributed by atoms with Gasteiger partial charge in [-0.25, -0.2) is 4.79 Å². The molecule has 0 aliphatic carbocycles. The highest BCUT2D eigenvalue weighted by Crippen LogP contribution is 2.36. The van der Waals surface area contributed by atoms with Crippen molar-refractivity contribution in [3.05, 3.63) is 108 Å². The lowest BCUT2D eigenvalue weighted by Gasteiger charge is -2.24. The molecule has 4 aromatic rings. The van der Waals surface area contributed by atoms with E-state index in [4.69, 9.17) is 10.5 Å². The van der Waals surface area contributed by atoms with Gasteiger partial charge >= 0.3 is 6.09 Å². The van der Waals surface area contributed by atoms with Crippen molar-refractivity contribution < 1.29 is 19.4 Å². The summed E-state index contributed by atoms with van der Waals surface area (Å²) in [6.45, 7) is 3.82. The molecule has 0 aromatic heterocycles. The van der Waals surface area contributed by atoms with E-state index < -0.39 is 18.1 Å². The Kier molecular flexibility index (Phi) is 7.74. The summed E-state index contributed by atoms with van der Waals surface area (Å²) in [7, 11) is 0. The van der Waals surface area contributed by atoms with Gasteiger partial charge in [0.1, 0.15) is 11.9 Å². The van der Waals surface area contributed by atoms with Gasteiger partial charge in [0.15, 0.2) is 0 Å². The van der Waals surface area contributed by atoms with Crippen LogP contribution in [0.1, 0.15) is 24.2 Å². The fourth-order valence-electron chi connectivity index (χ4n) is 4.03. The minimum atomic E-state index is -0.748. The van der Waals surface area contributed by atoms with Gasteiger partial charge in [-0.2, -0.15) is 0 Å². The lowest BCUT2D eigenvalue weighted by molar-refractivity contribution is -0.111. The van der Waals surface area contributed by atoms with Crippen LogP contribution in [0.5, 0.6) is 5.75 Å². The lowest BCUT2D eigenvalue weighted by atomic mass is 9.92. The van der Waals surface area contributed by atoms with Gasteiger partial charge < -0.3 is 20.9 Å². The van der Waals surface area contributed by atoms with Crippen molar-refractivity contribution in [2.45, 2.75) is 20.0 Å². The fourth-order valence-corrected chi connectivity index (χ4v) is 4.03. The second kappa shape index (κ2) is 11.3. The molecule has 0 fully saturated rings. The maximum atomic E-state index is 12.9. The van der Waals surface area contributed by atoms with Crippen LogP contribution >= 0.6 is 0 Å². The number of aromatic hydroxyl groups is 1. The van der Waals surface area contributed by atoms with Crippen molar-refractivity contribution in [3.63, 3.8) is 0 Å². The molecule has 0 aliphatic heterocycles. The maximum Gasteiger partial charge on any atom is 0.412 e. The van der Waals surface area contributed by atoms with Crippen LogP contribution in [-0.2, 0) is 9.53 Å². The molecule has 4 aromatic carbocycles. The second-order valence-electron chi connectivity index (χ2n) is 8.83. The Morgan fingerprint density at radius 3 is 2.30 bits per heavy atom. The molecule has 37 heavy (non-hydrogen) atoms. The molecule has 4 rings (SSSR count). The summed E-state index contributed by atoms with van der Waals surface area (Å²) in [5.41, 5.74) is 9.27. The number of anilines is 3. The van der Waals surface area contributed by atoms with Gasteiger partial charge in [-0.1, -0.05) is 73.2 Å². The molecule has 0 bridgehead atoms. The van der Waals surface area contributed by atoms with Crippen molar-refractivity contribution in [1.82, 2.24) is 0 Å². The first-order valence-electron chi connectivity index (χ1n) is 11.9. The Labute approximate surface area is 215 Å². The average Bonchev–Trinajstić information content (AvgIpc) is 2.89. The van der Waals surface area contributed by atoms with Gasteiger partial charge in [-0.15, -0.1) is 0 Å². The Balaban J connectivity index is 1.60. The Morgan fingerprint density at radius 2 is 1.57 bits per heavy atom. The van der Waals surface area contributed by atoms with Crippen LogP contribution < -0.4 is 16.4 Å². The highest BCUT2D eigenvalue weighted by atomic mass is 16.6. The normalized spacial score (nSPS) is 12.7. The van der Waals surface area contributed by atoms with Crippen LogP contribution in [-0.4, -0.2) is 17.1 Å². The summed E-state index contributed by atoms with van der Waals surface area (Å²) in [6.07, 6.45) is 1.70. The molecule has 0 unspecified atom stereocenters. The maximum absolute atomic E-state index is 12.9. The van der Waals surface area contributed by atoms with E-state index in [9.17, 15) is 14.7 Å². The highest BCUT2D eigenvalue weighted by Gasteiger charge is 2.25. The average molecular weight is 496 g/mol. The first-order chi connectivity index (χ1) is 17.8. The fraction of sp³-hybridized carbons (Fsp3) is 0.133. The summed E-state index contributed by atoms with van der Waals surface area (Å²) in [5, 5.41) is 17.3. The number of benzene rings is 4. The van der Waals surface area contributed by atoms with Crippen LogP contribution in [0.4, 0.5) is 21.9 Å². The van der Waals surface area contributed by atoms with Crippen LogP contribution in [0.3, 0.4) is 0 Å². The number of hydrogen-bond donors (Lipinski definition) is 4. The first-order valence-corrected chi connectivity index (χ1v) is 11.9. The molecule has 0 radical (unpaired) electrons. The molecule has 0 spiro atoms. The number of phenolic OH excluding ortho intramolecular Hbond substituents is 1. The van der Waals surface area contributed by atoms with Crippen molar-refractivity contribution >= 4 is 39.8 Å². The summed E-state index contributed by atoms with van der Waals surface area (Å²) in [4.78, 5) is 25.5. The summed E-state index contributed by atoms with van der Waals surface area (Å²) in [5.74, 6) is -0.621. The van der Waals surface area contributed by atoms with Crippen LogP contribution in [0.25, 0.3) is 10.8 Å². The molecule has 188 valence electrons. The molecule has 7 nitrogen and oxygen atoms in total. The van der Waals surface area contributed by atoms with Crippen molar-refractivity contribution in [1.29, 1.82) is 0 Å². The predicted octanol–water partition coefficient (Wildman–Crippen LogP) is 6.56. The van der Waals surface area contributed by atoms with Crippen LogP contribution in [0, 0.1) is 12.8 Å². The number of nitrogens with one attached hydrogen (secondary N) is 2. The number of ether oxygens (including phenoxy) is 1. The van der Waals surface area contributed by atoms with Crippen molar-refractivity contribution in [3.8, 4) is 5.75 Å². The summed E-state index contributed by atoms with van der Waals surface area (Å²) in [6, 6.07) is 25.0. The standard InChI is InChI=1S/C30H29N3O4/c1-19-11-14-21(15-12-19)32-30(36)37-29(24-16-17-27(34)23-8-4-3-7-22(23)24)20(2)13-18-28(35)33-26-10-6-5-9-25(26)31/h3-18,20,29,34H,31H2,1-2H3,(H,32,36)(H,33,35)/b18-13+/t20-,29+/m1/s1. The molecule has 2 atom stereocenters. The van der Waals surface area contributed by atoms with Gasteiger partial charge in [-0.05, 0) is 48.7 Å². The number of hydrogen-bond acceptors (Lipinski definition) is 5. The third-order valence-corrected chi connectivity index (χ3v) is 6.02. The molecular weight excluding hydrogens is 466 g/mol. The number of fused-ring (bicyclic) bond motifs is 1. The van der Waals surface area contributed by atoms with Crippen molar-refractivity contribution in [2.24, 2.45) is 5.92 Å². The second-order valence-corrected chi connectivity index (χ2v) is 8.83. The van der Waals surface area contributed by atoms with E-state index in [2.05, 4.69) is 10.6 Å². The smallest absolute Gasteiger partial charge is 0.412 e. The van der Waals surface area contributed by atoms with Gasteiger partial charge in [0.25, 0.3) is 0 Å². The minimum absolute atomic E-state index is 0.130. The number of phenols is 1. The number of amides is 2. The zero-order valence-electron chi connectivity index (χ0n) is 20.6. The zero-order valence-corrected chi connectivity index (χ0v) is 20.6. The molecule has 5 N–H and O–H groups in total. The SMILES string of the molecule is Cc1ccc(NC(=O)O[C@H](c2ccc(O)c3ccccc23)[C@H](C)/C=C/C(=O)Nc2ccccc2N)cc1. The van der Waals surface area contributed by atoms with Crippen LogP contribution in [0.2, 0.25) is 0 Å². The number of aryl methyl sites for hydroxylation is 1. The van der Waals surface area contributed by atoms with E-state index in [1.165, 1.54) is 6.08 Å². The monoisotopic (exact) mass is 495 g/mol. The predicted molar refractivity (Wildman–Crippen MR) is 147 cm³/mol. The first kappa shape index (κ1) is 25.3. The molecular formula is C30H29N3O4. The Hall–Kier alpha value is -4.78. The quantitative estimate of drug-likeness (QED) is 0.171. The third kappa shape index (κ3) is 6.27. The molecule has 2 amide bonds. The van der Waals surface area contributed by atoms with E-state index >= 15 is 0 Å². The zero-order chi connectivity index (χ0) is 26.4. The van der Waals surface area contributed by atoms with Gasteiger partial charge in [0.2, 0.25) is 5.91 Å². The molecule has 0 aliphatic rings. The van der Waals surface area contributed by atoms with E-state index in [1.54, 1.807) is 60.7 Å².